The number of allylic oxidation sites excluding steroid dienone is 3. The van der Waals surface area contributed by atoms with Crippen LogP contribution in [0.5, 0.6) is 17.2 Å². The highest BCUT2D eigenvalue weighted by Gasteiger charge is 2.42. The minimum atomic E-state index is -0.635. The summed E-state index contributed by atoms with van der Waals surface area (Å²) in [4.78, 5) is 25.1. The van der Waals surface area contributed by atoms with Gasteiger partial charge in [0.15, 0.2) is 17.3 Å². The van der Waals surface area contributed by atoms with Crippen molar-refractivity contribution >= 4 is 23.5 Å². The number of carbonyl (C=O) groups excluding carboxylic acids is 2. The lowest BCUT2D eigenvalue weighted by Crippen LogP contribution is -2.37. The fourth-order valence-corrected chi connectivity index (χ4v) is 5.18. The Bertz CT molecular complexity index is 1060. The van der Waals surface area contributed by atoms with Crippen LogP contribution in [0.4, 0.5) is 0 Å². The van der Waals surface area contributed by atoms with Gasteiger partial charge in [0, 0.05) is 17.7 Å². The number of Topliss-reactive ketones (excluding diaryl/α,β-unsaturated/α-hetero) is 1. The quantitative estimate of drug-likeness (QED) is 0.595. The van der Waals surface area contributed by atoms with Gasteiger partial charge in [-0.15, -0.1) is 0 Å². The Hall–Kier alpha value is -3.12. The van der Waals surface area contributed by atoms with Crippen molar-refractivity contribution in [2.24, 2.45) is 5.41 Å². The van der Waals surface area contributed by atoms with Crippen LogP contribution in [0.15, 0.2) is 34.0 Å². The van der Waals surface area contributed by atoms with Crippen LogP contribution in [0.2, 0.25) is 0 Å². The number of ether oxygens (including phenoxy) is 4. The molecule has 1 heterocycles. The molecular weight excluding hydrogens is 444 g/mol. The molecule has 0 bridgehead atoms. The van der Waals surface area contributed by atoms with Crippen LogP contribution in [-0.2, 0) is 14.3 Å². The van der Waals surface area contributed by atoms with E-state index in [1.807, 2.05) is 13.8 Å². The molecule has 0 aromatic heterocycles. The fraction of sp³-hybridized carbons (Fsp3) is 0.458. The largest absolute Gasteiger partial charge is 0.493 e. The number of methoxy groups -OCH3 is 4. The van der Waals surface area contributed by atoms with Crippen molar-refractivity contribution in [3.63, 3.8) is 0 Å². The zero-order valence-corrected chi connectivity index (χ0v) is 20.5. The number of thioether (sulfide) groups is 1. The third-order valence-corrected chi connectivity index (χ3v) is 6.70. The average molecular weight is 473 g/mol. The van der Waals surface area contributed by atoms with Crippen LogP contribution in [-0.4, -0.2) is 45.9 Å². The van der Waals surface area contributed by atoms with Crippen LogP contribution >= 0.6 is 11.8 Å². The summed E-state index contributed by atoms with van der Waals surface area (Å²) in [6, 6.07) is 5.78. The van der Waals surface area contributed by atoms with E-state index in [9.17, 15) is 14.9 Å². The van der Waals surface area contributed by atoms with E-state index in [0.717, 1.165) is 5.70 Å². The molecule has 1 atom stereocenters. The third kappa shape index (κ3) is 4.81. The third-order valence-electron chi connectivity index (χ3n) is 5.71. The van der Waals surface area contributed by atoms with E-state index >= 15 is 0 Å². The minimum absolute atomic E-state index is 0.0164. The van der Waals surface area contributed by atoms with Crippen molar-refractivity contribution in [3.05, 3.63) is 39.6 Å². The van der Waals surface area contributed by atoms with Gasteiger partial charge in [-0.2, -0.15) is 5.26 Å². The first-order valence-corrected chi connectivity index (χ1v) is 11.3. The molecule has 1 unspecified atom stereocenters. The molecule has 1 aromatic carbocycles. The fourth-order valence-electron chi connectivity index (χ4n) is 4.28. The smallest absolute Gasteiger partial charge is 0.316 e. The summed E-state index contributed by atoms with van der Waals surface area (Å²) in [5.41, 5.74) is 2.11. The van der Waals surface area contributed by atoms with Crippen LogP contribution in [0.3, 0.4) is 0 Å². The zero-order valence-electron chi connectivity index (χ0n) is 19.7. The normalized spacial score (nSPS) is 19.3. The van der Waals surface area contributed by atoms with E-state index < -0.39 is 11.9 Å². The number of hydrogen-bond donors (Lipinski definition) is 1. The maximum Gasteiger partial charge on any atom is 0.316 e. The highest BCUT2D eigenvalue weighted by atomic mass is 32.2. The zero-order chi connectivity index (χ0) is 24.3. The molecule has 1 aliphatic carbocycles. The highest BCUT2D eigenvalue weighted by molar-refractivity contribution is 8.03. The number of rotatable bonds is 7. The summed E-state index contributed by atoms with van der Waals surface area (Å²) in [5.74, 6) is 0.253. The van der Waals surface area contributed by atoms with Gasteiger partial charge in [-0.1, -0.05) is 25.6 Å². The lowest BCUT2D eigenvalue weighted by Gasteiger charge is -2.39. The number of carbonyl (C=O) groups is 2. The number of benzene rings is 1. The molecule has 0 fully saturated rings. The van der Waals surface area contributed by atoms with E-state index in [1.165, 1.54) is 40.2 Å². The Morgan fingerprint density at radius 1 is 1.15 bits per heavy atom. The number of nitriles is 1. The number of nitrogens with zero attached hydrogens (tertiary/aromatic N) is 1. The van der Waals surface area contributed by atoms with E-state index in [2.05, 4.69) is 11.4 Å². The first-order chi connectivity index (χ1) is 15.7. The molecule has 0 saturated heterocycles. The summed E-state index contributed by atoms with van der Waals surface area (Å²) in [6.45, 7) is 4.07. The maximum atomic E-state index is 13.3. The van der Waals surface area contributed by atoms with Gasteiger partial charge in [0.1, 0.15) is 0 Å². The molecule has 9 heteroatoms. The van der Waals surface area contributed by atoms with Gasteiger partial charge < -0.3 is 24.3 Å². The number of ketones is 1. The summed E-state index contributed by atoms with van der Waals surface area (Å²) in [6.07, 6.45) is 1.01. The molecule has 1 aromatic rings. The van der Waals surface area contributed by atoms with E-state index in [1.54, 1.807) is 12.1 Å². The predicted molar refractivity (Wildman–Crippen MR) is 124 cm³/mol. The molecule has 0 amide bonds. The molecule has 33 heavy (non-hydrogen) atoms. The van der Waals surface area contributed by atoms with Gasteiger partial charge >= 0.3 is 5.97 Å². The standard InChI is InChI=1S/C24H28N2O6S/c1-24(2)9-15-21(16(27)10-24)20(14(11-25)23(26-15)33-12-19(28)31-5)13-7-17(29-3)22(32-6)18(8-13)30-4/h7-8,20,26H,9-10,12H2,1-6H3. The van der Waals surface area contributed by atoms with Crippen LogP contribution in [0.25, 0.3) is 0 Å². The number of nitrogens with one attached hydrogen (secondary N) is 1. The molecule has 8 nitrogen and oxygen atoms in total. The Morgan fingerprint density at radius 2 is 1.79 bits per heavy atom. The first kappa shape index (κ1) is 24.5. The summed E-state index contributed by atoms with van der Waals surface area (Å²) >= 11 is 1.18. The Kier molecular flexibility index (Phi) is 7.28. The van der Waals surface area contributed by atoms with Crippen molar-refractivity contribution in [3.8, 4) is 23.3 Å². The molecule has 0 spiro atoms. The summed E-state index contributed by atoms with van der Waals surface area (Å²) < 4.78 is 21.2. The molecule has 176 valence electrons. The second-order valence-electron chi connectivity index (χ2n) is 8.57. The van der Waals surface area contributed by atoms with E-state index in [0.29, 0.717) is 51.8 Å². The number of hydrogen-bond acceptors (Lipinski definition) is 9. The van der Waals surface area contributed by atoms with Gasteiger partial charge in [-0.3, -0.25) is 9.59 Å². The van der Waals surface area contributed by atoms with Crippen LogP contribution in [0, 0.1) is 16.7 Å². The number of dihydropyridines is 1. The second kappa shape index (κ2) is 9.79. The summed E-state index contributed by atoms with van der Waals surface area (Å²) in [7, 11) is 5.86. The van der Waals surface area contributed by atoms with Crippen molar-refractivity contribution in [2.45, 2.75) is 32.6 Å². The van der Waals surface area contributed by atoms with Crippen molar-refractivity contribution in [2.75, 3.05) is 34.2 Å². The molecule has 1 N–H and O–H groups in total. The van der Waals surface area contributed by atoms with Crippen LogP contribution < -0.4 is 19.5 Å². The Balaban J connectivity index is 2.23. The number of esters is 1. The minimum Gasteiger partial charge on any atom is -0.493 e. The lowest BCUT2D eigenvalue weighted by molar-refractivity contribution is -0.137. The van der Waals surface area contributed by atoms with E-state index in [-0.39, 0.29) is 17.0 Å². The lowest BCUT2D eigenvalue weighted by atomic mass is 9.69. The summed E-state index contributed by atoms with van der Waals surface area (Å²) in [5, 5.41) is 14.0. The average Bonchev–Trinajstić information content (AvgIpc) is 2.79. The van der Waals surface area contributed by atoms with Gasteiger partial charge in [-0.25, -0.2) is 0 Å². The van der Waals surface area contributed by atoms with Gasteiger partial charge in [0.05, 0.1) is 56.8 Å². The first-order valence-electron chi connectivity index (χ1n) is 10.4. The van der Waals surface area contributed by atoms with Gasteiger partial charge in [0.2, 0.25) is 5.75 Å². The highest BCUT2D eigenvalue weighted by Crippen LogP contribution is 2.50. The van der Waals surface area contributed by atoms with E-state index in [4.69, 9.17) is 18.9 Å². The predicted octanol–water partition coefficient (Wildman–Crippen LogP) is 3.68. The van der Waals surface area contributed by atoms with Gasteiger partial charge in [0.25, 0.3) is 0 Å². The van der Waals surface area contributed by atoms with Crippen molar-refractivity contribution in [1.82, 2.24) is 5.32 Å². The molecule has 0 saturated carbocycles. The SMILES string of the molecule is COC(=O)CSC1=C(C#N)C(c2cc(OC)c(OC)c(OC)c2)C2=C(CC(C)(C)CC2=O)N1. The van der Waals surface area contributed by atoms with Crippen molar-refractivity contribution < 1.29 is 28.5 Å². The monoisotopic (exact) mass is 472 g/mol. The molecule has 3 rings (SSSR count). The molecule has 2 aliphatic rings. The second-order valence-corrected chi connectivity index (χ2v) is 9.55. The van der Waals surface area contributed by atoms with Crippen molar-refractivity contribution in [1.29, 1.82) is 5.26 Å². The topological polar surface area (TPSA) is 107 Å². The molecule has 1 aliphatic heterocycles. The maximum absolute atomic E-state index is 13.3. The van der Waals surface area contributed by atoms with Crippen LogP contribution in [0.1, 0.15) is 38.2 Å². The Labute approximate surface area is 197 Å². The molecular formula is C24H28N2O6S. The Morgan fingerprint density at radius 3 is 2.30 bits per heavy atom. The molecule has 0 radical (unpaired) electrons. The van der Waals surface area contributed by atoms with Gasteiger partial charge in [-0.05, 0) is 29.5 Å².